The van der Waals surface area contributed by atoms with Crippen molar-refractivity contribution in [2.75, 3.05) is 40.0 Å². The van der Waals surface area contributed by atoms with Gasteiger partial charge in [-0.1, -0.05) is 6.07 Å². The average Bonchev–Trinajstić information content (AvgIpc) is 2.98. The molecule has 138 valence electrons. The summed E-state index contributed by atoms with van der Waals surface area (Å²) in [6, 6.07) is 5.97. The third-order valence-corrected chi connectivity index (χ3v) is 5.23. The van der Waals surface area contributed by atoms with Crippen molar-refractivity contribution in [1.29, 1.82) is 0 Å². The molecule has 0 N–H and O–H groups in total. The van der Waals surface area contributed by atoms with Crippen molar-refractivity contribution in [3.8, 4) is 0 Å². The van der Waals surface area contributed by atoms with Gasteiger partial charge in [0, 0.05) is 25.9 Å². The Morgan fingerprint density at radius 2 is 2.20 bits per heavy atom. The lowest BCUT2D eigenvalue weighted by atomic mass is 9.76. The number of amides is 1. The first-order chi connectivity index (χ1) is 12.1. The molecule has 2 fully saturated rings. The first kappa shape index (κ1) is 18.3. The van der Waals surface area contributed by atoms with Crippen molar-refractivity contribution in [3.05, 3.63) is 29.6 Å². The molecule has 1 amide bonds. The van der Waals surface area contributed by atoms with E-state index in [0.29, 0.717) is 13.2 Å². The molecule has 1 aromatic heterocycles. The summed E-state index contributed by atoms with van der Waals surface area (Å²) in [6.07, 6.45) is 3.16. The molecule has 1 aromatic rings. The van der Waals surface area contributed by atoms with Crippen LogP contribution in [0, 0.1) is 12.3 Å². The molecule has 0 aromatic carbocycles. The summed E-state index contributed by atoms with van der Waals surface area (Å²) in [5, 5.41) is 0. The molecule has 1 spiro atoms. The van der Waals surface area contributed by atoms with Crippen molar-refractivity contribution in [2.45, 2.75) is 38.9 Å². The van der Waals surface area contributed by atoms with Gasteiger partial charge in [-0.05, 0) is 43.7 Å². The molecule has 2 saturated heterocycles. The van der Waals surface area contributed by atoms with Crippen LogP contribution in [0.4, 0.5) is 0 Å². The molecule has 3 heterocycles. The summed E-state index contributed by atoms with van der Waals surface area (Å²) >= 11 is 0. The normalized spacial score (nSPS) is 22.5. The van der Waals surface area contributed by atoms with E-state index in [-0.39, 0.29) is 24.0 Å². The largest absolute Gasteiger partial charge is 0.375 e. The second-order valence-corrected chi connectivity index (χ2v) is 7.24. The summed E-state index contributed by atoms with van der Waals surface area (Å²) < 4.78 is 16.7. The summed E-state index contributed by atoms with van der Waals surface area (Å²) in [7, 11) is 1.56. The van der Waals surface area contributed by atoms with E-state index in [1.165, 1.54) is 0 Å². The van der Waals surface area contributed by atoms with Crippen LogP contribution in [0.25, 0.3) is 0 Å². The Kier molecular flexibility index (Phi) is 6.04. The summed E-state index contributed by atoms with van der Waals surface area (Å²) in [5.74, 6) is 0.0850. The number of carbonyl (C=O) groups is 1. The van der Waals surface area contributed by atoms with Crippen LogP contribution in [-0.2, 0) is 25.6 Å². The number of aromatic nitrogens is 1. The van der Waals surface area contributed by atoms with Crippen LogP contribution in [0.5, 0.6) is 0 Å². The van der Waals surface area contributed by atoms with Crippen molar-refractivity contribution >= 4 is 5.91 Å². The minimum atomic E-state index is 0.0850. The van der Waals surface area contributed by atoms with E-state index in [9.17, 15) is 4.79 Å². The van der Waals surface area contributed by atoms with Gasteiger partial charge in [-0.3, -0.25) is 9.78 Å². The third-order valence-electron chi connectivity index (χ3n) is 5.23. The fraction of sp³-hybridized carbons (Fsp3) is 0.684. The van der Waals surface area contributed by atoms with E-state index in [1.54, 1.807) is 7.11 Å². The number of likely N-dealkylation sites (tertiary alicyclic amines) is 1. The molecule has 0 unspecified atom stereocenters. The van der Waals surface area contributed by atoms with Gasteiger partial charge in [0.15, 0.2) is 0 Å². The third kappa shape index (κ3) is 4.77. The first-order valence-electron chi connectivity index (χ1n) is 8.99. The smallest absolute Gasteiger partial charge is 0.248 e. The molecule has 6 nitrogen and oxygen atoms in total. The standard InChI is InChI=1S/C19H28N2O4/c1-15-4-3-5-16(20-15)11-24-12-17-10-19(14-25-17)6-8-21(9-7-19)18(22)13-23-2/h3-5,17H,6-14H2,1-2H3/t17-/m0/s1. The van der Waals surface area contributed by atoms with E-state index in [2.05, 4.69) is 4.98 Å². The Balaban J connectivity index is 1.41. The maximum atomic E-state index is 11.9. The van der Waals surface area contributed by atoms with Crippen molar-refractivity contribution < 1.29 is 19.0 Å². The highest BCUT2D eigenvalue weighted by molar-refractivity contribution is 5.77. The number of ether oxygens (including phenoxy) is 3. The molecular formula is C19H28N2O4. The SMILES string of the molecule is COCC(=O)N1CCC2(CC1)CO[C@H](COCc1cccc(C)n1)C2. The highest BCUT2D eigenvalue weighted by Gasteiger charge is 2.43. The number of pyridine rings is 1. The lowest BCUT2D eigenvalue weighted by Gasteiger charge is -2.38. The van der Waals surface area contributed by atoms with E-state index in [0.717, 1.165) is 50.3 Å². The van der Waals surface area contributed by atoms with Crippen LogP contribution in [0.3, 0.4) is 0 Å². The predicted octanol–water partition coefficient (Wildman–Crippen LogP) is 1.95. The van der Waals surface area contributed by atoms with Gasteiger partial charge in [0.05, 0.1) is 31.6 Å². The molecule has 0 bridgehead atoms. The number of carbonyl (C=O) groups excluding carboxylic acids is 1. The van der Waals surface area contributed by atoms with Crippen molar-refractivity contribution in [2.24, 2.45) is 5.41 Å². The predicted molar refractivity (Wildman–Crippen MR) is 93.1 cm³/mol. The van der Waals surface area contributed by atoms with Gasteiger partial charge >= 0.3 is 0 Å². The number of methoxy groups -OCH3 is 1. The number of hydrogen-bond acceptors (Lipinski definition) is 5. The number of piperidine rings is 1. The van der Waals surface area contributed by atoms with Crippen molar-refractivity contribution in [1.82, 2.24) is 9.88 Å². The Bertz CT molecular complexity index is 585. The zero-order chi connectivity index (χ0) is 17.7. The molecule has 0 radical (unpaired) electrons. The molecular weight excluding hydrogens is 320 g/mol. The lowest BCUT2D eigenvalue weighted by molar-refractivity contribution is -0.137. The molecule has 2 aliphatic rings. The van der Waals surface area contributed by atoms with Gasteiger partial charge in [-0.25, -0.2) is 0 Å². The molecule has 6 heteroatoms. The monoisotopic (exact) mass is 348 g/mol. The van der Waals surface area contributed by atoms with Gasteiger partial charge in [-0.15, -0.1) is 0 Å². The molecule has 1 atom stereocenters. The number of hydrogen-bond donors (Lipinski definition) is 0. The molecule has 0 aliphatic carbocycles. The van der Waals surface area contributed by atoms with Gasteiger partial charge < -0.3 is 19.1 Å². The number of aryl methyl sites for hydroxylation is 1. The summed E-state index contributed by atoms with van der Waals surface area (Å²) in [6.45, 7) is 5.65. The van der Waals surface area contributed by atoms with E-state index >= 15 is 0 Å². The first-order valence-corrected chi connectivity index (χ1v) is 8.99. The molecule has 0 saturated carbocycles. The van der Waals surface area contributed by atoms with Crippen LogP contribution >= 0.6 is 0 Å². The van der Waals surface area contributed by atoms with Crippen LogP contribution in [0.15, 0.2) is 18.2 Å². The fourth-order valence-corrected chi connectivity index (χ4v) is 3.77. The second-order valence-electron chi connectivity index (χ2n) is 7.24. The highest BCUT2D eigenvalue weighted by atomic mass is 16.5. The van der Waals surface area contributed by atoms with E-state index in [4.69, 9.17) is 14.2 Å². The Morgan fingerprint density at radius 1 is 1.40 bits per heavy atom. The van der Waals surface area contributed by atoms with Crippen LogP contribution in [-0.4, -0.2) is 61.9 Å². The zero-order valence-corrected chi connectivity index (χ0v) is 15.2. The lowest BCUT2D eigenvalue weighted by Crippen LogP contribution is -2.44. The van der Waals surface area contributed by atoms with Gasteiger partial charge in [-0.2, -0.15) is 0 Å². The van der Waals surface area contributed by atoms with Gasteiger partial charge in [0.1, 0.15) is 6.61 Å². The minimum Gasteiger partial charge on any atom is -0.375 e. The van der Waals surface area contributed by atoms with Crippen molar-refractivity contribution in [3.63, 3.8) is 0 Å². The number of nitrogens with zero attached hydrogens (tertiary/aromatic N) is 2. The van der Waals surface area contributed by atoms with E-state index < -0.39 is 0 Å². The Hall–Kier alpha value is -1.50. The summed E-state index contributed by atoms with van der Waals surface area (Å²) in [4.78, 5) is 18.3. The summed E-state index contributed by atoms with van der Waals surface area (Å²) in [5.41, 5.74) is 2.17. The topological polar surface area (TPSA) is 60.9 Å². The quantitative estimate of drug-likeness (QED) is 0.786. The van der Waals surface area contributed by atoms with Gasteiger partial charge in [0.25, 0.3) is 0 Å². The molecule has 2 aliphatic heterocycles. The molecule has 3 rings (SSSR count). The van der Waals surface area contributed by atoms with Crippen LogP contribution in [0.1, 0.15) is 30.7 Å². The Morgan fingerprint density at radius 3 is 2.92 bits per heavy atom. The number of rotatable bonds is 6. The van der Waals surface area contributed by atoms with Crippen LogP contribution < -0.4 is 0 Å². The second kappa shape index (κ2) is 8.25. The average molecular weight is 348 g/mol. The maximum absolute atomic E-state index is 11.9. The highest BCUT2D eigenvalue weighted by Crippen LogP contribution is 2.42. The Labute approximate surface area is 149 Å². The maximum Gasteiger partial charge on any atom is 0.248 e. The molecule has 25 heavy (non-hydrogen) atoms. The fourth-order valence-electron chi connectivity index (χ4n) is 3.77. The van der Waals surface area contributed by atoms with Crippen LogP contribution in [0.2, 0.25) is 0 Å². The van der Waals surface area contributed by atoms with E-state index in [1.807, 2.05) is 30.0 Å². The zero-order valence-electron chi connectivity index (χ0n) is 15.2. The van der Waals surface area contributed by atoms with Gasteiger partial charge in [0.2, 0.25) is 5.91 Å². The minimum absolute atomic E-state index is 0.0850.